The molecule has 2 rings (SSSR count). The molecule has 2 N–H and O–H groups in total. The zero-order chi connectivity index (χ0) is 10.9. The topological polar surface area (TPSA) is 43.1 Å². The molecule has 2 nitrogen and oxygen atoms in total. The quantitative estimate of drug-likeness (QED) is 0.811. The maximum Gasteiger partial charge on any atom is 0.192 e. The van der Waals surface area contributed by atoms with Gasteiger partial charge in [-0.15, -0.1) is 11.3 Å². The van der Waals surface area contributed by atoms with Crippen LogP contribution in [-0.2, 0) is 0 Å². The van der Waals surface area contributed by atoms with Crippen LogP contribution < -0.4 is 5.73 Å². The summed E-state index contributed by atoms with van der Waals surface area (Å²) < 4.78 is 0.651. The molecule has 1 saturated carbocycles. The van der Waals surface area contributed by atoms with Crippen LogP contribution in [0.15, 0.2) is 12.1 Å². The Morgan fingerprint density at radius 3 is 2.53 bits per heavy atom. The van der Waals surface area contributed by atoms with Crippen molar-refractivity contribution in [3.05, 3.63) is 21.3 Å². The van der Waals surface area contributed by atoms with Crippen LogP contribution in [-0.4, -0.2) is 11.3 Å². The second-order valence-corrected chi connectivity index (χ2v) is 5.86. The van der Waals surface area contributed by atoms with Gasteiger partial charge in [-0.3, -0.25) is 4.79 Å². The summed E-state index contributed by atoms with van der Waals surface area (Å²) in [5.41, 5.74) is 5.53. The number of rotatable bonds is 2. The maximum absolute atomic E-state index is 12.2. The largest absolute Gasteiger partial charge is 0.319 e. The third kappa shape index (κ3) is 2.25. The van der Waals surface area contributed by atoms with Crippen molar-refractivity contribution >= 4 is 28.7 Å². The lowest BCUT2D eigenvalue weighted by Gasteiger charge is -2.31. The fraction of sp³-hybridized carbons (Fsp3) is 0.545. The molecule has 0 saturated heterocycles. The van der Waals surface area contributed by atoms with E-state index in [1.54, 1.807) is 12.1 Å². The van der Waals surface area contributed by atoms with Crippen molar-refractivity contribution < 1.29 is 4.79 Å². The Kier molecular flexibility index (Phi) is 3.14. The van der Waals surface area contributed by atoms with Gasteiger partial charge in [0, 0.05) is 0 Å². The summed E-state index contributed by atoms with van der Waals surface area (Å²) in [5.74, 6) is 0.0686. The standard InChI is InChI=1S/C11H14ClNOS/c12-9-5-4-8(15-9)10(14)11(13)6-2-1-3-7-11/h4-5H,1-3,6-7,13H2. The second-order valence-electron chi connectivity index (χ2n) is 4.15. The average molecular weight is 244 g/mol. The first kappa shape index (κ1) is 11.1. The van der Waals surface area contributed by atoms with Gasteiger partial charge in [0.15, 0.2) is 5.78 Å². The van der Waals surface area contributed by atoms with Gasteiger partial charge in [0.05, 0.1) is 14.8 Å². The second kappa shape index (κ2) is 4.24. The van der Waals surface area contributed by atoms with Gasteiger partial charge in [0.2, 0.25) is 0 Å². The number of carbonyl (C=O) groups is 1. The highest BCUT2D eigenvalue weighted by Crippen LogP contribution is 2.32. The third-order valence-corrected chi connectivity index (χ3v) is 4.22. The smallest absolute Gasteiger partial charge is 0.192 e. The Morgan fingerprint density at radius 1 is 1.33 bits per heavy atom. The summed E-state index contributed by atoms with van der Waals surface area (Å²) in [6.45, 7) is 0. The average Bonchev–Trinajstić information content (AvgIpc) is 2.65. The fourth-order valence-corrected chi connectivity index (χ4v) is 3.18. The van der Waals surface area contributed by atoms with E-state index in [4.69, 9.17) is 17.3 Å². The summed E-state index contributed by atoms with van der Waals surface area (Å²) in [5, 5.41) is 0. The monoisotopic (exact) mass is 243 g/mol. The summed E-state index contributed by atoms with van der Waals surface area (Å²) in [6.07, 6.45) is 4.92. The SMILES string of the molecule is NC1(C(=O)c2ccc(Cl)s2)CCCCC1. The molecule has 0 aliphatic heterocycles. The predicted molar refractivity (Wildman–Crippen MR) is 63.7 cm³/mol. The molecule has 0 aromatic carbocycles. The van der Waals surface area contributed by atoms with Crippen LogP contribution >= 0.6 is 22.9 Å². The van der Waals surface area contributed by atoms with E-state index < -0.39 is 5.54 Å². The van der Waals surface area contributed by atoms with E-state index in [1.165, 1.54) is 17.8 Å². The number of halogens is 1. The maximum atomic E-state index is 12.2. The molecule has 1 fully saturated rings. The summed E-state index contributed by atoms with van der Waals surface area (Å²) in [6, 6.07) is 3.53. The molecule has 82 valence electrons. The van der Waals surface area contributed by atoms with Gasteiger partial charge in [0.1, 0.15) is 0 Å². The van der Waals surface area contributed by atoms with Crippen LogP contribution in [0.5, 0.6) is 0 Å². The zero-order valence-corrected chi connectivity index (χ0v) is 10.0. The number of carbonyl (C=O) groups excluding carboxylic acids is 1. The molecule has 0 radical (unpaired) electrons. The van der Waals surface area contributed by atoms with Gasteiger partial charge in [0.25, 0.3) is 0 Å². The molecule has 0 atom stereocenters. The van der Waals surface area contributed by atoms with Crippen molar-refractivity contribution in [1.82, 2.24) is 0 Å². The number of thiophene rings is 1. The molecular formula is C11H14ClNOS. The van der Waals surface area contributed by atoms with E-state index in [2.05, 4.69) is 0 Å². The minimum Gasteiger partial charge on any atom is -0.319 e. The molecule has 15 heavy (non-hydrogen) atoms. The van der Waals surface area contributed by atoms with E-state index in [0.717, 1.165) is 25.7 Å². The highest BCUT2D eigenvalue weighted by Gasteiger charge is 2.36. The third-order valence-electron chi connectivity index (χ3n) is 2.99. The van der Waals surface area contributed by atoms with Crippen molar-refractivity contribution in [1.29, 1.82) is 0 Å². The fourth-order valence-electron chi connectivity index (χ4n) is 2.09. The lowest BCUT2D eigenvalue weighted by molar-refractivity contribution is 0.0852. The first-order valence-corrected chi connectivity index (χ1v) is 6.40. The van der Waals surface area contributed by atoms with Crippen molar-refractivity contribution in [2.45, 2.75) is 37.6 Å². The number of Topliss-reactive ketones (excluding diaryl/α,β-unsaturated/α-hetero) is 1. The number of hydrogen-bond acceptors (Lipinski definition) is 3. The van der Waals surface area contributed by atoms with Crippen molar-refractivity contribution in [2.24, 2.45) is 5.73 Å². The summed E-state index contributed by atoms with van der Waals surface area (Å²) in [7, 11) is 0. The van der Waals surface area contributed by atoms with Gasteiger partial charge in [-0.2, -0.15) is 0 Å². The molecule has 0 bridgehead atoms. The van der Waals surface area contributed by atoms with Crippen molar-refractivity contribution in [3.63, 3.8) is 0 Å². The lowest BCUT2D eigenvalue weighted by atomic mass is 9.79. The number of ketones is 1. The van der Waals surface area contributed by atoms with Crippen molar-refractivity contribution in [3.8, 4) is 0 Å². The molecule has 4 heteroatoms. The van der Waals surface area contributed by atoms with Gasteiger partial charge >= 0.3 is 0 Å². The van der Waals surface area contributed by atoms with Crippen LogP contribution in [0.4, 0.5) is 0 Å². The predicted octanol–water partition coefficient (Wildman–Crippen LogP) is 3.25. The van der Waals surface area contributed by atoms with Crippen LogP contribution in [0.25, 0.3) is 0 Å². The minimum atomic E-state index is -0.633. The van der Waals surface area contributed by atoms with Crippen molar-refractivity contribution in [2.75, 3.05) is 0 Å². The molecule has 0 spiro atoms. The molecule has 0 unspecified atom stereocenters. The molecule has 1 aromatic rings. The first-order chi connectivity index (χ1) is 7.12. The zero-order valence-electron chi connectivity index (χ0n) is 8.46. The number of hydrogen-bond donors (Lipinski definition) is 1. The van der Waals surface area contributed by atoms with Crippen LogP contribution in [0.2, 0.25) is 4.34 Å². The molecule has 1 aliphatic rings. The summed E-state index contributed by atoms with van der Waals surface area (Å²) >= 11 is 7.14. The minimum absolute atomic E-state index is 0.0686. The van der Waals surface area contributed by atoms with Gasteiger partial charge in [-0.05, 0) is 25.0 Å². The Balaban J connectivity index is 2.19. The first-order valence-electron chi connectivity index (χ1n) is 5.21. The van der Waals surface area contributed by atoms with E-state index in [9.17, 15) is 4.79 Å². The van der Waals surface area contributed by atoms with Gasteiger partial charge in [-0.1, -0.05) is 30.9 Å². The van der Waals surface area contributed by atoms with Crippen LogP contribution in [0.3, 0.4) is 0 Å². The molecular weight excluding hydrogens is 230 g/mol. The molecule has 1 heterocycles. The summed E-state index contributed by atoms with van der Waals surface area (Å²) in [4.78, 5) is 12.9. The Bertz CT molecular complexity index is 368. The van der Waals surface area contributed by atoms with Crippen LogP contribution in [0, 0.1) is 0 Å². The van der Waals surface area contributed by atoms with Gasteiger partial charge in [-0.25, -0.2) is 0 Å². The van der Waals surface area contributed by atoms with Gasteiger partial charge < -0.3 is 5.73 Å². The van der Waals surface area contributed by atoms with E-state index >= 15 is 0 Å². The highest BCUT2D eigenvalue weighted by atomic mass is 35.5. The van der Waals surface area contributed by atoms with E-state index in [-0.39, 0.29) is 5.78 Å². The Hall–Kier alpha value is -0.380. The molecule has 1 aliphatic carbocycles. The van der Waals surface area contributed by atoms with E-state index in [1.807, 2.05) is 0 Å². The Morgan fingerprint density at radius 2 is 2.00 bits per heavy atom. The van der Waals surface area contributed by atoms with Crippen LogP contribution in [0.1, 0.15) is 41.8 Å². The molecule has 0 amide bonds. The highest BCUT2D eigenvalue weighted by molar-refractivity contribution is 7.18. The molecule has 1 aromatic heterocycles. The Labute approximate surface area is 98.4 Å². The van der Waals surface area contributed by atoms with E-state index in [0.29, 0.717) is 9.21 Å². The normalized spacial score (nSPS) is 20.1. The lowest BCUT2D eigenvalue weighted by Crippen LogP contribution is -2.49. The number of nitrogens with two attached hydrogens (primary N) is 1.